The molecule has 2 aromatic carbocycles. The fourth-order valence-corrected chi connectivity index (χ4v) is 3.42. The molecule has 0 spiro atoms. The number of hydrogen-bond donors (Lipinski definition) is 2. The van der Waals surface area contributed by atoms with Crippen molar-refractivity contribution in [2.75, 3.05) is 32.0 Å². The van der Waals surface area contributed by atoms with Crippen LogP contribution in [0.15, 0.2) is 54.6 Å². The molecular weight excluding hydrogens is 336 g/mol. The molecule has 0 aromatic heterocycles. The summed E-state index contributed by atoms with van der Waals surface area (Å²) >= 11 is 5.63. The molecule has 7 heteroatoms. The topological polar surface area (TPSA) is 62.8 Å². The molecule has 25 heavy (non-hydrogen) atoms. The Bertz CT molecular complexity index is 751. The molecule has 0 aliphatic carbocycles. The van der Waals surface area contributed by atoms with Gasteiger partial charge in [0.1, 0.15) is 12.6 Å². The summed E-state index contributed by atoms with van der Waals surface area (Å²) in [6, 6.07) is 16.9. The zero-order valence-electron chi connectivity index (χ0n) is 14.0. The Labute approximate surface area is 152 Å². The molecule has 6 nitrogen and oxygen atoms in total. The molecule has 3 rings (SSSR count). The highest BCUT2D eigenvalue weighted by molar-refractivity contribution is 7.80. The largest absolute Gasteiger partial charge is 0.334 e. The summed E-state index contributed by atoms with van der Waals surface area (Å²) in [5, 5.41) is 14.6. The quantitative estimate of drug-likeness (QED) is 0.499. The average Bonchev–Trinajstić information content (AvgIpc) is 2.62. The normalized spacial score (nSPS) is 20.1. The standard InChI is InChI=1S/C18H20N4O2S/c1-20-11-12-21(17(13-20)14-5-3-2-4-6-14)18(25)19-15-7-9-16(10-8-15)22(23)24/h2-10,17H,11-13H2,1H3,(H,19,25)/p+1/t17-/m1/s1. The molecule has 0 amide bonds. The number of benzene rings is 2. The van der Waals surface area contributed by atoms with E-state index in [2.05, 4.69) is 29.4 Å². The van der Waals surface area contributed by atoms with E-state index in [0.717, 1.165) is 25.3 Å². The average molecular weight is 357 g/mol. The van der Waals surface area contributed by atoms with E-state index in [-0.39, 0.29) is 11.7 Å². The van der Waals surface area contributed by atoms with Gasteiger partial charge < -0.3 is 15.1 Å². The van der Waals surface area contributed by atoms with E-state index in [0.29, 0.717) is 5.11 Å². The van der Waals surface area contributed by atoms with E-state index >= 15 is 0 Å². The molecule has 1 heterocycles. The molecule has 1 unspecified atom stereocenters. The smallest absolute Gasteiger partial charge is 0.269 e. The van der Waals surface area contributed by atoms with Crippen molar-refractivity contribution in [3.8, 4) is 0 Å². The summed E-state index contributed by atoms with van der Waals surface area (Å²) in [6.45, 7) is 2.86. The Morgan fingerprint density at radius 2 is 1.92 bits per heavy atom. The van der Waals surface area contributed by atoms with Crippen LogP contribution in [-0.2, 0) is 0 Å². The molecule has 1 aliphatic heterocycles. The predicted molar refractivity (Wildman–Crippen MR) is 102 cm³/mol. The fraction of sp³-hybridized carbons (Fsp3) is 0.278. The molecular formula is C18H21N4O2S+. The third kappa shape index (κ3) is 4.12. The van der Waals surface area contributed by atoms with Gasteiger partial charge in [-0.2, -0.15) is 0 Å². The predicted octanol–water partition coefficient (Wildman–Crippen LogP) is 1.86. The van der Waals surface area contributed by atoms with Crippen molar-refractivity contribution in [3.05, 3.63) is 70.3 Å². The number of quaternary nitrogens is 1. The number of thiocarbonyl (C=S) groups is 1. The lowest BCUT2D eigenvalue weighted by Crippen LogP contribution is -3.12. The Balaban J connectivity index is 1.75. The lowest BCUT2D eigenvalue weighted by molar-refractivity contribution is -0.887. The van der Waals surface area contributed by atoms with E-state index in [1.54, 1.807) is 12.1 Å². The van der Waals surface area contributed by atoms with Crippen molar-refractivity contribution in [2.45, 2.75) is 6.04 Å². The van der Waals surface area contributed by atoms with Gasteiger partial charge in [-0.05, 0) is 29.9 Å². The second-order valence-corrected chi connectivity index (χ2v) is 6.65. The van der Waals surface area contributed by atoms with E-state index in [9.17, 15) is 10.1 Å². The molecule has 0 bridgehead atoms. The van der Waals surface area contributed by atoms with Gasteiger partial charge in [0.05, 0.1) is 25.1 Å². The van der Waals surface area contributed by atoms with E-state index in [1.807, 2.05) is 18.2 Å². The maximum atomic E-state index is 10.8. The molecule has 2 atom stereocenters. The first-order valence-electron chi connectivity index (χ1n) is 8.23. The fourth-order valence-electron chi connectivity index (χ4n) is 3.09. The highest BCUT2D eigenvalue weighted by Gasteiger charge is 2.30. The maximum Gasteiger partial charge on any atom is 0.269 e. The zero-order chi connectivity index (χ0) is 17.8. The third-order valence-electron chi connectivity index (χ3n) is 4.47. The highest BCUT2D eigenvalue weighted by Crippen LogP contribution is 2.22. The zero-order valence-corrected chi connectivity index (χ0v) is 14.8. The van der Waals surface area contributed by atoms with Gasteiger partial charge >= 0.3 is 0 Å². The Kier molecular flexibility index (Phi) is 5.25. The number of nitro groups is 1. The number of likely N-dealkylation sites (N-methyl/N-ethyl adjacent to an activating group) is 1. The van der Waals surface area contributed by atoms with Gasteiger partial charge in [0, 0.05) is 17.8 Å². The van der Waals surface area contributed by atoms with E-state index < -0.39 is 4.92 Å². The Morgan fingerprint density at radius 3 is 2.56 bits per heavy atom. The van der Waals surface area contributed by atoms with Gasteiger partial charge in [-0.25, -0.2) is 0 Å². The van der Waals surface area contributed by atoms with Crippen LogP contribution in [0.1, 0.15) is 11.6 Å². The van der Waals surface area contributed by atoms with Crippen LogP contribution in [0.5, 0.6) is 0 Å². The van der Waals surface area contributed by atoms with Gasteiger partial charge in [-0.3, -0.25) is 10.1 Å². The highest BCUT2D eigenvalue weighted by atomic mass is 32.1. The lowest BCUT2D eigenvalue weighted by atomic mass is 10.0. The first-order valence-corrected chi connectivity index (χ1v) is 8.64. The SMILES string of the molecule is C[NH+]1CCN(C(=S)Nc2ccc([N+](=O)[O-])cc2)[C@@H](c2ccccc2)C1. The first kappa shape index (κ1) is 17.3. The summed E-state index contributed by atoms with van der Waals surface area (Å²) < 4.78 is 0. The van der Waals surface area contributed by atoms with Crippen molar-refractivity contribution in [3.63, 3.8) is 0 Å². The van der Waals surface area contributed by atoms with Gasteiger partial charge in [0.15, 0.2) is 5.11 Å². The van der Waals surface area contributed by atoms with E-state index in [1.165, 1.54) is 22.6 Å². The summed E-state index contributed by atoms with van der Waals surface area (Å²) in [7, 11) is 2.19. The summed E-state index contributed by atoms with van der Waals surface area (Å²) in [4.78, 5) is 14.0. The number of nitrogens with zero attached hydrogens (tertiary/aromatic N) is 2. The maximum absolute atomic E-state index is 10.8. The molecule has 1 saturated heterocycles. The van der Waals surface area contributed by atoms with Gasteiger partial charge in [0.25, 0.3) is 5.69 Å². The number of anilines is 1. The molecule has 130 valence electrons. The molecule has 2 N–H and O–H groups in total. The molecule has 2 aromatic rings. The van der Waals surface area contributed by atoms with Crippen LogP contribution in [0.3, 0.4) is 0 Å². The van der Waals surface area contributed by atoms with Gasteiger partial charge in [0.2, 0.25) is 0 Å². The molecule has 0 saturated carbocycles. The van der Waals surface area contributed by atoms with Crippen LogP contribution in [-0.4, -0.2) is 41.6 Å². The van der Waals surface area contributed by atoms with Crippen LogP contribution in [0, 0.1) is 10.1 Å². The number of nitrogens with one attached hydrogen (secondary N) is 2. The van der Waals surface area contributed by atoms with Crippen LogP contribution in [0.4, 0.5) is 11.4 Å². The van der Waals surface area contributed by atoms with Crippen molar-refractivity contribution in [1.29, 1.82) is 0 Å². The third-order valence-corrected chi connectivity index (χ3v) is 4.81. The van der Waals surface area contributed by atoms with Gasteiger partial charge in [-0.15, -0.1) is 0 Å². The van der Waals surface area contributed by atoms with Crippen LogP contribution >= 0.6 is 12.2 Å². The number of hydrogen-bond acceptors (Lipinski definition) is 3. The minimum atomic E-state index is -0.406. The number of piperazine rings is 1. The molecule has 1 aliphatic rings. The second-order valence-electron chi connectivity index (χ2n) is 6.27. The van der Waals surface area contributed by atoms with Crippen molar-refractivity contribution < 1.29 is 9.82 Å². The molecule has 0 radical (unpaired) electrons. The summed E-state index contributed by atoms with van der Waals surface area (Å²) in [5.41, 5.74) is 2.07. The van der Waals surface area contributed by atoms with Crippen molar-refractivity contribution >= 4 is 28.7 Å². The number of nitro benzene ring substituents is 1. The minimum Gasteiger partial charge on any atom is -0.334 e. The monoisotopic (exact) mass is 357 g/mol. The Morgan fingerprint density at radius 1 is 1.24 bits per heavy atom. The summed E-state index contributed by atoms with van der Waals surface area (Å²) in [6.07, 6.45) is 0. The van der Waals surface area contributed by atoms with Gasteiger partial charge in [-0.1, -0.05) is 30.3 Å². The molecule has 1 fully saturated rings. The van der Waals surface area contributed by atoms with Crippen LogP contribution in [0.2, 0.25) is 0 Å². The first-order chi connectivity index (χ1) is 12.0. The van der Waals surface area contributed by atoms with Crippen molar-refractivity contribution in [1.82, 2.24) is 4.90 Å². The van der Waals surface area contributed by atoms with Crippen LogP contribution in [0.25, 0.3) is 0 Å². The number of non-ortho nitro benzene ring substituents is 1. The number of rotatable bonds is 3. The second kappa shape index (κ2) is 7.58. The lowest BCUT2D eigenvalue weighted by Gasteiger charge is -2.39. The summed E-state index contributed by atoms with van der Waals surface area (Å²) in [5.74, 6) is 0. The minimum absolute atomic E-state index is 0.0711. The van der Waals surface area contributed by atoms with Crippen LogP contribution < -0.4 is 10.2 Å². The Hall–Kier alpha value is -2.51. The van der Waals surface area contributed by atoms with Crippen molar-refractivity contribution in [2.24, 2.45) is 0 Å². The van der Waals surface area contributed by atoms with E-state index in [4.69, 9.17) is 12.2 Å².